The van der Waals surface area contributed by atoms with Crippen molar-refractivity contribution in [3.63, 3.8) is 0 Å². The van der Waals surface area contributed by atoms with Crippen molar-refractivity contribution < 1.29 is 38.2 Å². The van der Waals surface area contributed by atoms with E-state index < -0.39 is 0 Å². The Bertz CT molecular complexity index is 7520. The van der Waals surface area contributed by atoms with Gasteiger partial charge in [-0.1, -0.05) is 36.4 Å². The van der Waals surface area contributed by atoms with E-state index >= 15 is 0 Å². The minimum atomic E-state index is -0.230. The number of aryl methyl sites for hydroxylation is 4. The quantitative estimate of drug-likeness (QED) is 0.0735. The lowest BCUT2D eigenvalue weighted by Crippen LogP contribution is -2.28. The molecule has 18 N–H and O–H groups in total. The van der Waals surface area contributed by atoms with Crippen molar-refractivity contribution in [2.45, 2.75) is 65.2 Å². The van der Waals surface area contributed by atoms with Crippen LogP contribution in [0.15, 0.2) is 189 Å². The van der Waals surface area contributed by atoms with Crippen molar-refractivity contribution in [2.75, 3.05) is 159 Å². The zero-order valence-corrected chi connectivity index (χ0v) is 80.9. The van der Waals surface area contributed by atoms with Crippen molar-refractivity contribution in [1.29, 1.82) is 0 Å². The third kappa shape index (κ3) is 21.7. The number of benzene rings is 3. The Morgan fingerprint density at radius 2 is 0.637 bits per heavy atom. The van der Waals surface area contributed by atoms with Crippen LogP contribution in [0.1, 0.15) is 121 Å². The van der Waals surface area contributed by atoms with Gasteiger partial charge in [0.05, 0.1) is 50.3 Å². The second-order valence-corrected chi connectivity index (χ2v) is 34.2. The van der Waals surface area contributed by atoms with Crippen LogP contribution in [-0.2, 0) is 25.7 Å². The second-order valence-electron chi connectivity index (χ2n) is 34.2. The number of nitrogens with one attached hydrogen (secondary N) is 18. The molecule has 24 rings (SSSR count). The van der Waals surface area contributed by atoms with Crippen LogP contribution in [0, 0.1) is 13.8 Å². The van der Waals surface area contributed by atoms with Gasteiger partial charge in [0.15, 0.2) is 33.9 Å². The Balaban J connectivity index is 0.000000111. The molecule has 6 aliphatic heterocycles. The highest BCUT2D eigenvalue weighted by atomic mass is 16.5. The van der Waals surface area contributed by atoms with E-state index in [0.29, 0.717) is 185 Å². The van der Waals surface area contributed by atoms with Gasteiger partial charge in [-0.2, -0.15) is 62.7 Å². The number of anilines is 18. The summed E-state index contributed by atoms with van der Waals surface area (Å²) >= 11 is 0. The van der Waals surface area contributed by atoms with Gasteiger partial charge in [-0.15, -0.1) is 0 Å². The highest BCUT2D eigenvalue weighted by Crippen LogP contribution is 2.33. The Morgan fingerprint density at radius 1 is 0.267 bits per heavy atom. The van der Waals surface area contributed by atoms with Crippen molar-refractivity contribution in [2.24, 2.45) is 0 Å². The number of hydrogen-bond donors (Lipinski definition) is 18. The van der Waals surface area contributed by atoms with Crippen LogP contribution in [0.3, 0.4) is 0 Å². The number of aromatic nitrogens is 21. The summed E-state index contributed by atoms with van der Waals surface area (Å²) in [5, 5.41) is 81.0. The topological polar surface area (TPSA) is 557 Å². The Hall–Kier alpha value is -19.1. The van der Waals surface area contributed by atoms with E-state index in [1.165, 1.54) is 35.3 Å². The maximum atomic E-state index is 12.5. The van der Waals surface area contributed by atoms with E-state index in [-0.39, 0.29) is 35.4 Å². The van der Waals surface area contributed by atoms with Gasteiger partial charge in [-0.3, -0.25) is 28.8 Å². The van der Waals surface area contributed by atoms with E-state index in [2.05, 4.69) is 208 Å². The molecule has 47 nitrogen and oxygen atoms in total. The number of hydrogen-bond acceptors (Lipinski definition) is 35. The summed E-state index contributed by atoms with van der Waals surface area (Å²) in [6.07, 6.45) is 15.9. The molecule has 0 saturated carbocycles. The number of ether oxygens (including phenoxy) is 2. The van der Waals surface area contributed by atoms with E-state index in [1.807, 2.05) is 130 Å². The highest BCUT2D eigenvalue weighted by molar-refractivity contribution is 6.04. The van der Waals surface area contributed by atoms with Crippen LogP contribution in [0.2, 0.25) is 0 Å². The summed E-state index contributed by atoms with van der Waals surface area (Å²) < 4.78 is 21.0. The summed E-state index contributed by atoms with van der Waals surface area (Å²) in [7, 11) is 10.8. The van der Waals surface area contributed by atoms with Crippen LogP contribution in [0.4, 0.5) is 104 Å². The fourth-order valence-electron chi connectivity index (χ4n) is 16.9. The average Bonchev–Trinajstić information content (AvgIpc) is 1.65. The smallest absolute Gasteiger partial charge is 0.256 e. The van der Waals surface area contributed by atoms with E-state index in [9.17, 15) is 28.8 Å². The first kappa shape index (κ1) is 95.8. The molecule has 6 amide bonds. The molecule has 0 unspecified atom stereocenters. The minimum absolute atomic E-state index is 0.141. The van der Waals surface area contributed by atoms with Crippen molar-refractivity contribution in [3.05, 3.63) is 256 Å². The lowest BCUT2D eigenvalue weighted by molar-refractivity contribution is 0.0941. The molecular weight excluding hydrogens is 1860 g/mol. The first-order valence-corrected chi connectivity index (χ1v) is 47.4. The number of nitrogens with zero attached hydrogens (tertiary/aromatic N) is 21. The normalized spacial score (nSPS) is 14.2. The molecule has 47 heteroatoms. The molecule has 0 atom stereocenters. The largest absolute Gasteiger partial charge is 0.492 e. The summed E-state index contributed by atoms with van der Waals surface area (Å²) in [4.78, 5) is 116. The van der Waals surface area contributed by atoms with Crippen molar-refractivity contribution >= 4 is 174 Å². The molecule has 0 radical (unpaired) electrons. The SMILES string of the molecule is CNc1cc2nc3c(cnn13)C(=O)NCCCCc1cccc(c1)N2.CNc1cc2nc3c(cnn13)C(=O)NCCCOc1cccc(n1)N2.CNc1cc2nc3c(cnn13)C(=O)NCCCc1cccc(n1)N2.CNc1cc2nc3c(cnn13)C(=O)NCCOc1cccc(c1)N2.CNc1cc2nc3c(cnn13)C(=O)NCCc1cc(C)cc(c1)N2.CNc1cc2nc3c(cnn13)C(=O)NCCc1cc(C)cc(n1)N2. The lowest BCUT2D eigenvalue weighted by atomic mass is 10.1. The van der Waals surface area contributed by atoms with Gasteiger partial charge in [0.2, 0.25) is 5.88 Å². The number of rotatable bonds is 6. The molecular formula is C99H105N39O8. The molecule has 0 aliphatic carbocycles. The fraction of sp³-hybridized carbons (Fsp3) is 0.242. The van der Waals surface area contributed by atoms with Crippen LogP contribution in [-0.4, -0.2) is 233 Å². The van der Waals surface area contributed by atoms with Gasteiger partial charge in [0.1, 0.15) is 133 Å². The highest BCUT2D eigenvalue weighted by Gasteiger charge is 2.27. The van der Waals surface area contributed by atoms with E-state index in [1.54, 1.807) is 86.0 Å². The third-order valence-corrected chi connectivity index (χ3v) is 23.8. The molecule has 21 heterocycles. The van der Waals surface area contributed by atoms with Gasteiger partial charge < -0.3 is 105 Å². The Labute approximate surface area is 833 Å². The summed E-state index contributed by atoms with van der Waals surface area (Å²) in [5.41, 5.74) is 15.1. The van der Waals surface area contributed by atoms with Crippen LogP contribution < -0.4 is 105 Å². The standard InChI is InChI=1S/C18H20N6O.C17H18N6O.C16H17N7O2.2C16H17N7O.C16H16N6O2/c1-19-16-10-15-22-13-7-4-6-12(9-13)5-2-3-8-20-18(25)14-11-21-24(16)17(14)23-15;1-10-5-11-3-4-19-17(24)13-9-20-23-15(18-2)8-14(22-16(13)23)21-12(6-10)7-11;1-17-13-8-12-20-11-4-2-5-14(21-11)25-7-3-6-18-16(24)10-9-19-23(13)15(10)22-12;1-9-5-10-3-4-18-16(24)11-8-19-23-14(17-2)7-13(22-15(11)23)21-12(6-9)20-10;1-17-14-8-13-21-12-6-2-4-10(20-12)5-3-7-18-16(24)11-9-19-23(14)15(11)22-13;1-17-14-8-13-20-10-3-2-4-11(7-10)24-6-5-18-16(23)12-9-19-22(14)15(12)21-13/h4,6-7,9-11,19H,2-3,5,8H2,1H3,(H,20,25)(H,22,23);5-9,18H,3-4H2,1-2H3,(H,19,24)(H,21,22);2,4-5,8-9,17H,3,6-7H2,1H3,(H,18,24)(H,20,21,22);5-8,17H,3-4H2,1-2H3,(H,18,24)(H,20,21,22);2,4,6,8-9,17H,3,5,7H2,1H3,(H,18,24)(H,20,21,22);2-4,7-9,17H,5-6H2,1H3,(H,18,23)(H,20,21). The van der Waals surface area contributed by atoms with Crippen LogP contribution in [0.25, 0.3) is 33.9 Å². The minimum Gasteiger partial charge on any atom is -0.492 e. The molecule has 18 aromatic rings. The summed E-state index contributed by atoms with van der Waals surface area (Å²) in [5.74, 6) is 10.3. The molecule has 3 aromatic carbocycles. The van der Waals surface area contributed by atoms with Crippen LogP contribution >= 0.6 is 0 Å². The van der Waals surface area contributed by atoms with Gasteiger partial charge in [0.25, 0.3) is 35.4 Å². The van der Waals surface area contributed by atoms with E-state index in [0.717, 1.165) is 119 Å². The molecule has 0 saturated heterocycles. The number of carbonyl (C=O) groups is 6. The molecule has 744 valence electrons. The van der Waals surface area contributed by atoms with Gasteiger partial charge in [0, 0.05) is 158 Å². The monoisotopic (exact) mass is 1970 g/mol. The molecule has 0 spiro atoms. The Morgan fingerprint density at radius 3 is 1.12 bits per heavy atom. The second kappa shape index (κ2) is 43.3. The predicted molar refractivity (Wildman–Crippen MR) is 555 cm³/mol. The third-order valence-electron chi connectivity index (χ3n) is 23.8. The van der Waals surface area contributed by atoms with Crippen LogP contribution in [0.5, 0.6) is 11.6 Å². The number of amides is 6. The zero-order chi connectivity index (χ0) is 101. The first-order chi connectivity index (χ1) is 71.2. The Kier molecular flexibility index (Phi) is 28.4. The number of carbonyl (C=O) groups excluding carboxylic acids is 6. The van der Waals surface area contributed by atoms with Crippen molar-refractivity contribution in [3.8, 4) is 11.6 Å². The number of fused-ring (bicyclic) bond motifs is 18. The van der Waals surface area contributed by atoms with Gasteiger partial charge >= 0.3 is 0 Å². The molecule has 6 aliphatic rings. The maximum Gasteiger partial charge on any atom is 0.256 e. The number of pyridine rings is 3. The average molecular weight is 1970 g/mol. The first-order valence-electron chi connectivity index (χ1n) is 47.4. The molecule has 0 fully saturated rings. The van der Waals surface area contributed by atoms with Crippen molar-refractivity contribution in [1.82, 2.24) is 134 Å². The molecule has 24 bridgehead atoms. The lowest BCUT2D eigenvalue weighted by Gasteiger charge is -2.13. The predicted octanol–water partition coefficient (Wildman–Crippen LogP) is 10.8. The maximum absolute atomic E-state index is 12.5. The summed E-state index contributed by atoms with van der Waals surface area (Å²) in [6.45, 7) is 8.11. The van der Waals surface area contributed by atoms with Gasteiger partial charge in [-0.25, -0.2) is 39.9 Å². The fourth-order valence-corrected chi connectivity index (χ4v) is 16.9. The van der Waals surface area contributed by atoms with E-state index in [4.69, 9.17) is 9.47 Å². The molecule has 146 heavy (non-hydrogen) atoms. The summed E-state index contributed by atoms with van der Waals surface area (Å²) in [6, 6.07) is 48.6. The van der Waals surface area contributed by atoms with Gasteiger partial charge in [-0.05, 0) is 148 Å². The molecule has 15 aromatic heterocycles. The zero-order valence-electron chi connectivity index (χ0n) is 80.9.